The van der Waals surface area contributed by atoms with Crippen LogP contribution in [0.1, 0.15) is 56.0 Å². The number of carboxylic acids is 1. The van der Waals surface area contributed by atoms with Crippen LogP contribution in [0, 0.1) is 5.92 Å². The van der Waals surface area contributed by atoms with E-state index in [9.17, 15) is 9.59 Å². The van der Waals surface area contributed by atoms with Crippen molar-refractivity contribution in [1.82, 2.24) is 10.6 Å². The van der Waals surface area contributed by atoms with Crippen LogP contribution in [0.5, 0.6) is 0 Å². The van der Waals surface area contributed by atoms with Crippen molar-refractivity contribution in [2.45, 2.75) is 58.3 Å². The summed E-state index contributed by atoms with van der Waals surface area (Å²) in [5.41, 5.74) is 1.01. The lowest BCUT2D eigenvalue weighted by Crippen LogP contribution is -2.40. The van der Waals surface area contributed by atoms with E-state index in [4.69, 9.17) is 9.84 Å². The first-order valence-electron chi connectivity index (χ1n) is 8.74. The van der Waals surface area contributed by atoms with Crippen LogP contribution in [-0.2, 0) is 11.3 Å². The topological polar surface area (TPSA) is 87.7 Å². The van der Waals surface area contributed by atoms with Gasteiger partial charge in [-0.15, -0.1) is 0 Å². The van der Waals surface area contributed by atoms with E-state index < -0.39 is 5.97 Å². The van der Waals surface area contributed by atoms with Crippen LogP contribution in [0.3, 0.4) is 0 Å². The van der Waals surface area contributed by atoms with E-state index in [0.717, 1.165) is 24.8 Å². The fourth-order valence-corrected chi connectivity index (χ4v) is 2.91. The van der Waals surface area contributed by atoms with Gasteiger partial charge in [-0.2, -0.15) is 0 Å². The Labute approximate surface area is 149 Å². The Balaban J connectivity index is 1.57. The minimum atomic E-state index is -0.955. The molecule has 1 aromatic rings. The van der Waals surface area contributed by atoms with Crippen molar-refractivity contribution >= 4 is 12.0 Å². The molecular formula is C19H28N2O4. The third kappa shape index (κ3) is 6.74. The van der Waals surface area contributed by atoms with Gasteiger partial charge in [0, 0.05) is 13.1 Å². The van der Waals surface area contributed by atoms with E-state index >= 15 is 0 Å². The quantitative estimate of drug-likeness (QED) is 0.706. The molecule has 2 rings (SSSR count). The first kappa shape index (κ1) is 19.2. The van der Waals surface area contributed by atoms with Crippen molar-refractivity contribution in [3.8, 4) is 0 Å². The van der Waals surface area contributed by atoms with Gasteiger partial charge in [0.05, 0.1) is 17.3 Å². The van der Waals surface area contributed by atoms with Gasteiger partial charge < -0.3 is 20.5 Å². The van der Waals surface area contributed by atoms with Crippen LogP contribution in [0.4, 0.5) is 4.79 Å². The molecule has 0 aliphatic heterocycles. The summed E-state index contributed by atoms with van der Waals surface area (Å²) in [4.78, 5) is 22.6. The first-order valence-corrected chi connectivity index (χ1v) is 8.74. The van der Waals surface area contributed by atoms with Crippen LogP contribution in [0.15, 0.2) is 24.3 Å². The number of carbonyl (C=O) groups excluding carboxylic acids is 1. The highest BCUT2D eigenvalue weighted by atomic mass is 16.5. The van der Waals surface area contributed by atoms with E-state index in [2.05, 4.69) is 31.4 Å². The molecule has 1 aliphatic carbocycles. The van der Waals surface area contributed by atoms with Gasteiger partial charge in [0.2, 0.25) is 0 Å². The molecule has 2 amide bonds. The summed E-state index contributed by atoms with van der Waals surface area (Å²) >= 11 is 0. The number of carboxylic acid groups (broad SMARTS) is 1. The van der Waals surface area contributed by atoms with Crippen molar-refractivity contribution in [3.63, 3.8) is 0 Å². The molecule has 1 fully saturated rings. The summed E-state index contributed by atoms with van der Waals surface area (Å²) in [5, 5.41) is 14.5. The number of rotatable bonds is 7. The second kappa shape index (κ2) is 8.34. The number of benzene rings is 1. The predicted octanol–water partition coefficient (Wildman–Crippen LogP) is 3.17. The van der Waals surface area contributed by atoms with E-state index in [1.165, 1.54) is 12.1 Å². The minimum Gasteiger partial charge on any atom is -0.478 e. The van der Waals surface area contributed by atoms with Crippen molar-refractivity contribution < 1.29 is 19.4 Å². The van der Waals surface area contributed by atoms with E-state index in [0.29, 0.717) is 25.1 Å². The molecule has 1 aliphatic rings. The molecule has 0 saturated heterocycles. The zero-order chi connectivity index (χ0) is 18.4. The Bertz CT molecular complexity index is 586. The molecule has 138 valence electrons. The molecule has 0 heterocycles. The van der Waals surface area contributed by atoms with E-state index in [1.807, 2.05) is 0 Å². The molecule has 6 nitrogen and oxygen atoms in total. The molecule has 1 saturated carbocycles. The van der Waals surface area contributed by atoms with Crippen LogP contribution in [0.25, 0.3) is 0 Å². The Morgan fingerprint density at radius 1 is 1.16 bits per heavy atom. The number of carbonyl (C=O) groups is 2. The zero-order valence-corrected chi connectivity index (χ0v) is 15.2. The maximum atomic E-state index is 11.8. The molecule has 0 spiro atoms. The fourth-order valence-electron chi connectivity index (χ4n) is 2.91. The predicted molar refractivity (Wildman–Crippen MR) is 95.6 cm³/mol. The number of amides is 2. The second-order valence-corrected chi connectivity index (χ2v) is 7.59. The van der Waals surface area contributed by atoms with E-state index in [1.54, 1.807) is 12.1 Å². The highest BCUT2D eigenvalue weighted by Crippen LogP contribution is 2.34. The Morgan fingerprint density at radius 3 is 2.36 bits per heavy atom. The van der Waals surface area contributed by atoms with Crippen LogP contribution in [0.2, 0.25) is 0 Å². The minimum absolute atomic E-state index is 0.0869. The average Bonchev–Trinajstić information content (AvgIpc) is 2.49. The van der Waals surface area contributed by atoms with Crippen LogP contribution in [-0.4, -0.2) is 35.4 Å². The summed E-state index contributed by atoms with van der Waals surface area (Å²) in [6, 6.07) is 6.26. The first-order chi connectivity index (χ1) is 11.7. The average molecular weight is 348 g/mol. The van der Waals surface area contributed by atoms with Crippen molar-refractivity contribution in [2.75, 3.05) is 6.54 Å². The molecule has 1 aromatic carbocycles. The standard InChI is InChI=1S/C19H28N2O4/c1-19(2,3)25-16-10-14(11-16)8-9-20-18(24)21-12-13-4-6-15(7-5-13)17(22)23/h4-7,14,16H,8-12H2,1-3H3,(H,22,23)(H2,20,21,24). The molecule has 0 radical (unpaired) electrons. The van der Waals surface area contributed by atoms with Crippen LogP contribution >= 0.6 is 0 Å². The van der Waals surface area contributed by atoms with Gasteiger partial charge in [0.25, 0.3) is 0 Å². The molecule has 0 unspecified atom stereocenters. The Morgan fingerprint density at radius 2 is 1.80 bits per heavy atom. The monoisotopic (exact) mass is 348 g/mol. The third-order valence-corrected chi connectivity index (χ3v) is 4.20. The zero-order valence-electron chi connectivity index (χ0n) is 15.2. The summed E-state index contributed by atoms with van der Waals surface area (Å²) in [6.45, 7) is 7.23. The number of ether oxygens (including phenoxy) is 1. The van der Waals surface area contributed by atoms with E-state index in [-0.39, 0.29) is 17.2 Å². The number of hydrogen-bond donors (Lipinski definition) is 3. The maximum absolute atomic E-state index is 11.8. The highest BCUT2D eigenvalue weighted by Gasteiger charge is 2.32. The van der Waals surface area contributed by atoms with Crippen molar-refractivity contribution in [2.24, 2.45) is 5.92 Å². The highest BCUT2D eigenvalue weighted by molar-refractivity contribution is 5.87. The number of hydrogen-bond acceptors (Lipinski definition) is 3. The van der Waals surface area contributed by atoms with Gasteiger partial charge in [-0.25, -0.2) is 9.59 Å². The molecule has 0 atom stereocenters. The van der Waals surface area contributed by atoms with Gasteiger partial charge in [0.15, 0.2) is 0 Å². The molecule has 6 heteroatoms. The fraction of sp³-hybridized carbons (Fsp3) is 0.579. The summed E-state index contributed by atoms with van der Waals surface area (Å²) in [5.74, 6) is -0.334. The normalized spacial score (nSPS) is 19.8. The molecule has 3 N–H and O–H groups in total. The molecule has 0 aromatic heterocycles. The smallest absolute Gasteiger partial charge is 0.335 e. The lowest BCUT2D eigenvalue weighted by atomic mass is 9.79. The van der Waals surface area contributed by atoms with Crippen molar-refractivity contribution in [1.29, 1.82) is 0 Å². The molecule has 0 bridgehead atoms. The van der Waals surface area contributed by atoms with Crippen molar-refractivity contribution in [3.05, 3.63) is 35.4 Å². The summed E-state index contributed by atoms with van der Waals surface area (Å²) in [6.07, 6.45) is 3.45. The molecular weight excluding hydrogens is 320 g/mol. The summed E-state index contributed by atoms with van der Waals surface area (Å²) in [7, 11) is 0. The number of aromatic carboxylic acids is 1. The van der Waals surface area contributed by atoms with Gasteiger partial charge >= 0.3 is 12.0 Å². The number of urea groups is 1. The largest absolute Gasteiger partial charge is 0.478 e. The third-order valence-electron chi connectivity index (χ3n) is 4.20. The van der Waals surface area contributed by atoms with Gasteiger partial charge in [-0.3, -0.25) is 0 Å². The maximum Gasteiger partial charge on any atom is 0.335 e. The van der Waals surface area contributed by atoms with Crippen LogP contribution < -0.4 is 10.6 Å². The lowest BCUT2D eigenvalue weighted by Gasteiger charge is -2.39. The van der Waals surface area contributed by atoms with Gasteiger partial charge in [-0.1, -0.05) is 12.1 Å². The SMILES string of the molecule is CC(C)(C)OC1CC(CCNC(=O)NCc2ccc(C(=O)O)cc2)C1. The molecule has 25 heavy (non-hydrogen) atoms. The lowest BCUT2D eigenvalue weighted by molar-refractivity contribution is -0.112. The Kier molecular flexibility index (Phi) is 6.42. The Hall–Kier alpha value is -2.08. The summed E-state index contributed by atoms with van der Waals surface area (Å²) < 4.78 is 5.91. The van der Waals surface area contributed by atoms with Gasteiger partial charge in [0.1, 0.15) is 0 Å². The van der Waals surface area contributed by atoms with Gasteiger partial charge in [-0.05, 0) is 63.6 Å². The number of nitrogens with one attached hydrogen (secondary N) is 2. The second-order valence-electron chi connectivity index (χ2n) is 7.59.